The van der Waals surface area contributed by atoms with Crippen molar-refractivity contribution in [3.8, 4) is 0 Å². The van der Waals surface area contributed by atoms with Crippen molar-refractivity contribution in [3.05, 3.63) is 0 Å². The quantitative estimate of drug-likeness (QED) is 0.759. The van der Waals surface area contributed by atoms with E-state index in [2.05, 4.69) is 16.7 Å². The fourth-order valence-electron chi connectivity index (χ4n) is 3.58. The standard InChI is InChI=1S/C13H25N3/c1-10-7-13(9-16(10)12-4-5-12)15-6-2-3-11(14)8-15/h10-13H,2-9,14H2,1H3. The molecular weight excluding hydrogens is 198 g/mol. The van der Waals surface area contributed by atoms with Gasteiger partial charge < -0.3 is 5.73 Å². The number of likely N-dealkylation sites (tertiary alicyclic amines) is 2. The van der Waals surface area contributed by atoms with Crippen LogP contribution in [0.2, 0.25) is 0 Å². The summed E-state index contributed by atoms with van der Waals surface area (Å²) in [7, 11) is 0. The van der Waals surface area contributed by atoms with Crippen LogP contribution in [-0.2, 0) is 0 Å². The van der Waals surface area contributed by atoms with Crippen molar-refractivity contribution < 1.29 is 0 Å². The lowest BCUT2D eigenvalue weighted by Gasteiger charge is -2.35. The summed E-state index contributed by atoms with van der Waals surface area (Å²) >= 11 is 0. The van der Waals surface area contributed by atoms with Crippen molar-refractivity contribution in [3.63, 3.8) is 0 Å². The van der Waals surface area contributed by atoms with E-state index in [-0.39, 0.29) is 0 Å². The van der Waals surface area contributed by atoms with Gasteiger partial charge in [-0.1, -0.05) is 0 Å². The maximum absolute atomic E-state index is 6.08. The summed E-state index contributed by atoms with van der Waals surface area (Å²) in [6.07, 6.45) is 6.77. The fourth-order valence-corrected chi connectivity index (χ4v) is 3.58. The van der Waals surface area contributed by atoms with Gasteiger partial charge in [0.05, 0.1) is 0 Å². The van der Waals surface area contributed by atoms with Crippen LogP contribution >= 0.6 is 0 Å². The van der Waals surface area contributed by atoms with E-state index >= 15 is 0 Å². The molecule has 1 aliphatic carbocycles. The first-order valence-corrected chi connectivity index (χ1v) is 6.99. The molecule has 3 aliphatic rings. The lowest BCUT2D eigenvalue weighted by atomic mass is 10.0. The van der Waals surface area contributed by atoms with Crippen molar-refractivity contribution in [1.29, 1.82) is 0 Å². The maximum atomic E-state index is 6.08. The molecule has 2 aliphatic heterocycles. The fraction of sp³-hybridized carbons (Fsp3) is 1.00. The van der Waals surface area contributed by atoms with E-state index in [4.69, 9.17) is 5.73 Å². The highest BCUT2D eigenvalue weighted by Gasteiger charge is 2.40. The van der Waals surface area contributed by atoms with Crippen molar-refractivity contribution in [1.82, 2.24) is 9.80 Å². The molecule has 0 radical (unpaired) electrons. The highest BCUT2D eigenvalue weighted by molar-refractivity contribution is 4.97. The van der Waals surface area contributed by atoms with E-state index in [0.717, 1.165) is 24.7 Å². The summed E-state index contributed by atoms with van der Waals surface area (Å²) < 4.78 is 0. The average molecular weight is 223 g/mol. The predicted molar refractivity (Wildman–Crippen MR) is 66.4 cm³/mol. The monoisotopic (exact) mass is 223 g/mol. The normalized spacial score (nSPS) is 42.8. The lowest BCUT2D eigenvalue weighted by Crippen LogP contribution is -2.48. The van der Waals surface area contributed by atoms with Crippen LogP contribution in [0, 0.1) is 0 Å². The molecular formula is C13H25N3. The number of hydrogen-bond donors (Lipinski definition) is 1. The molecule has 2 N–H and O–H groups in total. The number of nitrogens with two attached hydrogens (primary N) is 1. The Labute approximate surface area is 99.0 Å². The van der Waals surface area contributed by atoms with E-state index in [9.17, 15) is 0 Å². The second-order valence-corrected chi connectivity index (χ2v) is 6.06. The van der Waals surface area contributed by atoms with Gasteiger partial charge in [0.25, 0.3) is 0 Å². The van der Waals surface area contributed by atoms with Crippen LogP contribution in [0.1, 0.15) is 39.0 Å². The van der Waals surface area contributed by atoms with Gasteiger partial charge in [-0.05, 0) is 45.6 Å². The molecule has 0 bridgehead atoms. The van der Waals surface area contributed by atoms with Crippen molar-refractivity contribution in [2.75, 3.05) is 19.6 Å². The molecule has 0 spiro atoms. The summed E-state index contributed by atoms with van der Waals surface area (Å²) in [5.41, 5.74) is 6.08. The molecule has 1 saturated carbocycles. The number of hydrogen-bond acceptors (Lipinski definition) is 3. The van der Waals surface area contributed by atoms with Gasteiger partial charge in [0.15, 0.2) is 0 Å². The zero-order valence-electron chi connectivity index (χ0n) is 10.4. The topological polar surface area (TPSA) is 32.5 Å². The Kier molecular flexibility index (Phi) is 2.94. The van der Waals surface area contributed by atoms with Gasteiger partial charge in [0.2, 0.25) is 0 Å². The summed E-state index contributed by atoms with van der Waals surface area (Å²) in [4.78, 5) is 5.40. The first kappa shape index (κ1) is 11.0. The molecule has 2 heterocycles. The largest absolute Gasteiger partial charge is 0.327 e. The van der Waals surface area contributed by atoms with Crippen LogP contribution in [-0.4, -0.2) is 53.6 Å². The first-order valence-electron chi connectivity index (χ1n) is 6.99. The first-order chi connectivity index (χ1) is 7.74. The second-order valence-electron chi connectivity index (χ2n) is 6.06. The van der Waals surface area contributed by atoms with Crippen LogP contribution in [0.4, 0.5) is 0 Å². The van der Waals surface area contributed by atoms with Gasteiger partial charge >= 0.3 is 0 Å². The summed E-state index contributed by atoms with van der Waals surface area (Å²) in [6, 6.07) is 2.95. The van der Waals surface area contributed by atoms with Gasteiger partial charge in [-0.25, -0.2) is 0 Å². The van der Waals surface area contributed by atoms with Crippen LogP contribution in [0.25, 0.3) is 0 Å². The smallest absolute Gasteiger partial charge is 0.0238 e. The Morgan fingerprint density at radius 3 is 2.56 bits per heavy atom. The Morgan fingerprint density at radius 2 is 1.88 bits per heavy atom. The van der Waals surface area contributed by atoms with Crippen LogP contribution < -0.4 is 5.73 Å². The maximum Gasteiger partial charge on any atom is 0.0238 e. The highest BCUT2D eigenvalue weighted by Crippen LogP contribution is 2.35. The van der Waals surface area contributed by atoms with Crippen LogP contribution in [0.15, 0.2) is 0 Å². The molecule has 3 rings (SSSR count). The van der Waals surface area contributed by atoms with E-state index in [1.165, 1.54) is 45.2 Å². The van der Waals surface area contributed by atoms with Crippen molar-refractivity contribution in [2.24, 2.45) is 5.73 Å². The van der Waals surface area contributed by atoms with Gasteiger partial charge in [-0.2, -0.15) is 0 Å². The predicted octanol–water partition coefficient (Wildman–Crippen LogP) is 1.03. The summed E-state index contributed by atoms with van der Waals surface area (Å²) in [5, 5.41) is 0. The Bertz CT molecular complexity index is 252. The minimum atomic E-state index is 0.430. The van der Waals surface area contributed by atoms with Gasteiger partial charge in [0.1, 0.15) is 0 Å². The highest BCUT2D eigenvalue weighted by atomic mass is 15.3. The molecule has 3 nitrogen and oxygen atoms in total. The van der Waals surface area contributed by atoms with Gasteiger partial charge in [0, 0.05) is 37.3 Å². The van der Waals surface area contributed by atoms with Crippen LogP contribution in [0.5, 0.6) is 0 Å². The third-order valence-electron chi connectivity index (χ3n) is 4.62. The summed E-state index contributed by atoms with van der Waals surface area (Å²) in [5.74, 6) is 0. The molecule has 0 aromatic heterocycles. The average Bonchev–Trinajstić information content (AvgIpc) is 3.02. The third kappa shape index (κ3) is 2.13. The Hall–Kier alpha value is -0.120. The molecule has 0 aromatic carbocycles. The molecule has 3 heteroatoms. The zero-order chi connectivity index (χ0) is 11.1. The van der Waals surface area contributed by atoms with E-state index in [1.807, 2.05) is 0 Å². The molecule has 3 unspecified atom stereocenters. The van der Waals surface area contributed by atoms with E-state index in [0.29, 0.717) is 6.04 Å². The molecule has 92 valence electrons. The number of piperidine rings is 1. The zero-order valence-corrected chi connectivity index (χ0v) is 10.4. The van der Waals surface area contributed by atoms with E-state index in [1.54, 1.807) is 0 Å². The van der Waals surface area contributed by atoms with Gasteiger partial charge in [-0.15, -0.1) is 0 Å². The van der Waals surface area contributed by atoms with E-state index < -0.39 is 0 Å². The molecule has 16 heavy (non-hydrogen) atoms. The molecule has 3 atom stereocenters. The van der Waals surface area contributed by atoms with Crippen molar-refractivity contribution >= 4 is 0 Å². The third-order valence-corrected chi connectivity index (χ3v) is 4.62. The van der Waals surface area contributed by atoms with Gasteiger partial charge in [-0.3, -0.25) is 9.80 Å². The lowest BCUT2D eigenvalue weighted by molar-refractivity contribution is 0.147. The molecule has 0 aromatic rings. The number of nitrogens with zero attached hydrogens (tertiary/aromatic N) is 2. The second kappa shape index (κ2) is 4.28. The summed E-state index contributed by atoms with van der Waals surface area (Å²) in [6.45, 7) is 6.13. The van der Waals surface area contributed by atoms with Crippen LogP contribution in [0.3, 0.4) is 0 Å². The Balaban J connectivity index is 1.59. The minimum Gasteiger partial charge on any atom is -0.327 e. The minimum absolute atomic E-state index is 0.430. The SMILES string of the molecule is CC1CC(N2CCCC(N)C2)CN1C1CC1. The molecule has 0 amide bonds. The van der Waals surface area contributed by atoms with Crippen molar-refractivity contribution in [2.45, 2.75) is 63.2 Å². The Morgan fingerprint density at radius 1 is 1.06 bits per heavy atom. The number of rotatable bonds is 2. The molecule has 3 fully saturated rings. The molecule has 2 saturated heterocycles.